The van der Waals surface area contributed by atoms with Crippen molar-refractivity contribution < 1.29 is 19.3 Å². The first kappa shape index (κ1) is 12.2. The van der Waals surface area contributed by atoms with E-state index in [1.54, 1.807) is 7.11 Å². The summed E-state index contributed by atoms with van der Waals surface area (Å²) < 4.78 is 16.1. The van der Waals surface area contributed by atoms with Crippen LogP contribution in [0.3, 0.4) is 0 Å². The summed E-state index contributed by atoms with van der Waals surface area (Å²) in [5.41, 5.74) is 0.883. The van der Waals surface area contributed by atoms with Crippen LogP contribution in [0.2, 0.25) is 0 Å². The van der Waals surface area contributed by atoms with Crippen molar-refractivity contribution in [2.24, 2.45) is 5.41 Å². The van der Waals surface area contributed by atoms with Gasteiger partial charge in [-0.25, -0.2) is 0 Å². The maximum Gasteiger partial charge on any atom is 0.161 e. The highest BCUT2D eigenvalue weighted by molar-refractivity contribution is 5.42. The molecule has 1 aromatic rings. The Morgan fingerprint density at radius 2 is 2.12 bits per heavy atom. The topological polar surface area (TPSA) is 47.9 Å². The van der Waals surface area contributed by atoms with Crippen molar-refractivity contribution >= 4 is 0 Å². The van der Waals surface area contributed by atoms with Crippen molar-refractivity contribution in [2.45, 2.75) is 6.92 Å². The molecule has 0 radical (unpaired) electrons. The predicted molar refractivity (Wildman–Crippen MR) is 63.6 cm³/mol. The van der Waals surface area contributed by atoms with Gasteiger partial charge in [-0.3, -0.25) is 0 Å². The molecule has 94 valence electrons. The number of rotatable bonds is 5. The van der Waals surface area contributed by atoms with Crippen molar-refractivity contribution in [1.29, 1.82) is 0 Å². The molecule has 0 atom stereocenters. The lowest BCUT2D eigenvalue weighted by molar-refractivity contribution is -0.153. The van der Waals surface area contributed by atoms with E-state index in [0.717, 1.165) is 11.3 Å². The standard InChI is InChI=1S/C13H18O4/c1-10-3-4-11(12(5-10)15-2)17-9-13(6-14)7-16-8-13/h3-5,14H,6-9H2,1-2H3. The van der Waals surface area contributed by atoms with Crippen molar-refractivity contribution in [3.05, 3.63) is 23.8 Å². The molecule has 0 spiro atoms. The van der Waals surface area contributed by atoms with Gasteiger partial charge in [-0.1, -0.05) is 6.07 Å². The van der Waals surface area contributed by atoms with Crippen LogP contribution in [0.5, 0.6) is 11.5 Å². The molecule has 0 aromatic heterocycles. The molecule has 1 aromatic carbocycles. The van der Waals surface area contributed by atoms with E-state index < -0.39 is 0 Å². The Morgan fingerprint density at radius 1 is 1.35 bits per heavy atom. The highest BCUT2D eigenvalue weighted by atomic mass is 16.5. The molecule has 17 heavy (non-hydrogen) atoms. The maximum absolute atomic E-state index is 9.29. The van der Waals surface area contributed by atoms with E-state index in [0.29, 0.717) is 25.6 Å². The van der Waals surface area contributed by atoms with Gasteiger partial charge in [0, 0.05) is 0 Å². The summed E-state index contributed by atoms with van der Waals surface area (Å²) >= 11 is 0. The highest BCUT2D eigenvalue weighted by Crippen LogP contribution is 2.32. The summed E-state index contributed by atoms with van der Waals surface area (Å²) in [5, 5.41) is 9.29. The van der Waals surface area contributed by atoms with E-state index in [-0.39, 0.29) is 12.0 Å². The van der Waals surface area contributed by atoms with Crippen LogP contribution in [0.4, 0.5) is 0 Å². The van der Waals surface area contributed by atoms with Crippen LogP contribution in [0, 0.1) is 12.3 Å². The maximum atomic E-state index is 9.29. The fraction of sp³-hybridized carbons (Fsp3) is 0.538. The number of aryl methyl sites for hydroxylation is 1. The lowest BCUT2D eigenvalue weighted by Gasteiger charge is -2.39. The molecule has 1 aliphatic heterocycles. The highest BCUT2D eigenvalue weighted by Gasteiger charge is 2.39. The van der Waals surface area contributed by atoms with Crippen LogP contribution in [-0.4, -0.2) is 38.6 Å². The molecule has 4 heteroatoms. The van der Waals surface area contributed by atoms with Gasteiger partial charge in [-0.15, -0.1) is 0 Å². The minimum atomic E-state index is -0.240. The average molecular weight is 238 g/mol. The van der Waals surface area contributed by atoms with Crippen LogP contribution < -0.4 is 9.47 Å². The van der Waals surface area contributed by atoms with Crippen molar-refractivity contribution in [3.63, 3.8) is 0 Å². The summed E-state index contributed by atoms with van der Waals surface area (Å²) in [4.78, 5) is 0. The zero-order valence-corrected chi connectivity index (χ0v) is 10.2. The Hall–Kier alpha value is -1.26. The number of hydrogen-bond acceptors (Lipinski definition) is 4. The second-order valence-corrected chi connectivity index (χ2v) is 4.59. The van der Waals surface area contributed by atoms with Crippen LogP contribution >= 0.6 is 0 Å². The lowest BCUT2D eigenvalue weighted by atomic mass is 9.88. The number of ether oxygens (including phenoxy) is 3. The Morgan fingerprint density at radius 3 is 2.65 bits per heavy atom. The largest absolute Gasteiger partial charge is 0.493 e. The van der Waals surface area contributed by atoms with Crippen molar-refractivity contribution in [1.82, 2.24) is 0 Å². The van der Waals surface area contributed by atoms with E-state index in [2.05, 4.69) is 0 Å². The summed E-state index contributed by atoms with van der Waals surface area (Å²) in [6, 6.07) is 5.79. The molecule has 1 fully saturated rings. The summed E-state index contributed by atoms with van der Waals surface area (Å²) in [7, 11) is 1.62. The second kappa shape index (κ2) is 4.94. The van der Waals surface area contributed by atoms with E-state index in [1.165, 1.54) is 0 Å². The minimum absolute atomic E-state index is 0.0845. The zero-order chi connectivity index (χ0) is 12.3. The van der Waals surface area contributed by atoms with E-state index in [9.17, 15) is 5.11 Å². The molecule has 0 saturated carbocycles. The molecule has 0 amide bonds. The number of aliphatic hydroxyl groups is 1. The van der Waals surface area contributed by atoms with E-state index in [4.69, 9.17) is 14.2 Å². The number of hydrogen-bond donors (Lipinski definition) is 1. The first-order valence-electron chi connectivity index (χ1n) is 5.65. The summed E-state index contributed by atoms with van der Waals surface area (Å²) in [6.07, 6.45) is 0. The fourth-order valence-corrected chi connectivity index (χ4v) is 1.74. The van der Waals surface area contributed by atoms with Crippen LogP contribution in [0.1, 0.15) is 5.56 Å². The van der Waals surface area contributed by atoms with E-state index in [1.807, 2.05) is 25.1 Å². The number of benzene rings is 1. The van der Waals surface area contributed by atoms with Crippen LogP contribution in [-0.2, 0) is 4.74 Å². The molecular formula is C13H18O4. The van der Waals surface area contributed by atoms with Gasteiger partial charge in [0.15, 0.2) is 11.5 Å². The van der Waals surface area contributed by atoms with Gasteiger partial charge < -0.3 is 19.3 Å². The molecule has 1 N–H and O–H groups in total. The van der Waals surface area contributed by atoms with Crippen molar-refractivity contribution in [3.8, 4) is 11.5 Å². The summed E-state index contributed by atoms with van der Waals surface area (Å²) in [6.45, 7) is 3.64. The predicted octanol–water partition coefficient (Wildman–Crippen LogP) is 1.39. The Bertz CT molecular complexity index is 379. The molecule has 1 saturated heterocycles. The molecule has 1 heterocycles. The first-order chi connectivity index (χ1) is 8.19. The smallest absolute Gasteiger partial charge is 0.161 e. The number of aliphatic hydroxyl groups excluding tert-OH is 1. The van der Waals surface area contributed by atoms with Crippen LogP contribution in [0.25, 0.3) is 0 Å². The lowest BCUT2D eigenvalue weighted by Crippen LogP contribution is -2.49. The van der Waals surface area contributed by atoms with Crippen LogP contribution in [0.15, 0.2) is 18.2 Å². The Labute approximate surface area is 101 Å². The third-order valence-corrected chi connectivity index (χ3v) is 3.00. The summed E-state index contributed by atoms with van der Waals surface area (Å²) in [5.74, 6) is 1.43. The average Bonchev–Trinajstić information content (AvgIpc) is 2.29. The second-order valence-electron chi connectivity index (χ2n) is 4.59. The van der Waals surface area contributed by atoms with Gasteiger partial charge >= 0.3 is 0 Å². The van der Waals surface area contributed by atoms with Gasteiger partial charge in [0.05, 0.1) is 32.3 Å². The van der Waals surface area contributed by atoms with Gasteiger partial charge in [0.1, 0.15) is 6.61 Å². The van der Waals surface area contributed by atoms with Gasteiger partial charge in [-0.05, 0) is 24.6 Å². The molecule has 2 rings (SSSR count). The zero-order valence-electron chi connectivity index (χ0n) is 10.2. The van der Waals surface area contributed by atoms with Gasteiger partial charge in [0.25, 0.3) is 0 Å². The Balaban J connectivity index is 2.03. The van der Waals surface area contributed by atoms with E-state index >= 15 is 0 Å². The normalized spacial score (nSPS) is 17.4. The third-order valence-electron chi connectivity index (χ3n) is 3.00. The number of methoxy groups -OCH3 is 1. The van der Waals surface area contributed by atoms with Crippen molar-refractivity contribution in [2.75, 3.05) is 33.5 Å². The fourth-order valence-electron chi connectivity index (χ4n) is 1.74. The molecule has 4 nitrogen and oxygen atoms in total. The SMILES string of the molecule is COc1cc(C)ccc1OCC1(CO)COC1. The van der Waals surface area contributed by atoms with Gasteiger partial charge in [0.2, 0.25) is 0 Å². The molecular weight excluding hydrogens is 220 g/mol. The van der Waals surface area contributed by atoms with Gasteiger partial charge in [-0.2, -0.15) is 0 Å². The Kier molecular flexibility index (Phi) is 3.54. The first-order valence-corrected chi connectivity index (χ1v) is 5.65. The molecule has 0 bridgehead atoms. The monoisotopic (exact) mass is 238 g/mol. The minimum Gasteiger partial charge on any atom is -0.493 e. The molecule has 1 aliphatic rings. The quantitative estimate of drug-likeness (QED) is 0.842. The molecule has 0 unspecified atom stereocenters. The third kappa shape index (κ3) is 2.53. The molecule has 0 aliphatic carbocycles.